The molecule has 9 rings (SSSR count). The van der Waals surface area contributed by atoms with E-state index in [1.165, 1.54) is 55.6 Å². The van der Waals surface area contributed by atoms with Gasteiger partial charge in [0.2, 0.25) is 0 Å². The molecule has 0 fully saturated rings. The second-order valence-corrected chi connectivity index (χ2v) is 15.3. The number of fused-ring (bicyclic) bond motifs is 4. The summed E-state index contributed by atoms with van der Waals surface area (Å²) in [7, 11) is 0. The molecule has 0 heterocycles. The largest absolute Gasteiger partial charge is 0.310 e. The maximum absolute atomic E-state index is 2.54. The van der Waals surface area contributed by atoms with Crippen molar-refractivity contribution in [3.8, 4) is 33.4 Å². The van der Waals surface area contributed by atoms with Gasteiger partial charge in [0.05, 0.1) is 0 Å². The Kier molecular flexibility index (Phi) is 8.90. The summed E-state index contributed by atoms with van der Waals surface area (Å²) in [6.45, 7) is 9.59. The number of rotatable bonds is 10. The van der Waals surface area contributed by atoms with E-state index in [9.17, 15) is 0 Å². The zero-order valence-corrected chi connectivity index (χ0v) is 32.5. The zero-order valence-electron chi connectivity index (χ0n) is 32.5. The van der Waals surface area contributed by atoms with E-state index in [2.05, 4.69) is 209 Å². The van der Waals surface area contributed by atoms with Gasteiger partial charge in [0.15, 0.2) is 0 Å². The summed E-state index contributed by atoms with van der Waals surface area (Å²) in [5.74, 6) is 0. The van der Waals surface area contributed by atoms with E-state index < -0.39 is 0 Å². The Balaban J connectivity index is 1.12. The van der Waals surface area contributed by atoms with Crippen molar-refractivity contribution in [1.29, 1.82) is 0 Å². The van der Waals surface area contributed by atoms with Crippen LogP contribution >= 0.6 is 0 Å². The van der Waals surface area contributed by atoms with Crippen molar-refractivity contribution in [2.24, 2.45) is 0 Å². The molecule has 7 aromatic carbocycles. The van der Waals surface area contributed by atoms with Crippen LogP contribution in [0, 0.1) is 0 Å². The topological polar surface area (TPSA) is 3.24 Å². The Labute approximate surface area is 327 Å². The Morgan fingerprint density at radius 2 is 0.745 bits per heavy atom. The average Bonchev–Trinajstić information content (AvgIpc) is 3.73. The molecular weight excluding hydrogens is 663 g/mol. The van der Waals surface area contributed by atoms with Crippen LogP contribution in [0.4, 0.5) is 17.1 Å². The second-order valence-electron chi connectivity index (χ2n) is 15.3. The van der Waals surface area contributed by atoms with Gasteiger partial charge in [-0.3, -0.25) is 0 Å². The van der Waals surface area contributed by atoms with E-state index >= 15 is 0 Å². The van der Waals surface area contributed by atoms with Gasteiger partial charge in [0.1, 0.15) is 0 Å². The number of anilines is 3. The molecule has 55 heavy (non-hydrogen) atoms. The third kappa shape index (κ3) is 5.51. The first-order valence-electron chi connectivity index (χ1n) is 20.3. The first kappa shape index (κ1) is 34.8. The summed E-state index contributed by atoms with van der Waals surface area (Å²) in [5.41, 5.74) is 20.1. The van der Waals surface area contributed by atoms with Crippen LogP contribution in [-0.4, -0.2) is 0 Å². The van der Waals surface area contributed by atoms with Crippen LogP contribution in [0.15, 0.2) is 176 Å². The molecule has 0 saturated carbocycles. The van der Waals surface area contributed by atoms with Gasteiger partial charge in [-0.05, 0) is 135 Å². The highest BCUT2D eigenvalue weighted by atomic mass is 15.1. The van der Waals surface area contributed by atoms with Crippen LogP contribution < -0.4 is 4.90 Å². The molecule has 0 bridgehead atoms. The fourth-order valence-corrected chi connectivity index (χ4v) is 10.1. The predicted octanol–water partition coefficient (Wildman–Crippen LogP) is 15.2. The van der Waals surface area contributed by atoms with Crippen LogP contribution in [0.1, 0.15) is 75.6 Å². The highest BCUT2D eigenvalue weighted by Gasteiger charge is 2.54. The number of nitrogens with zero attached hydrogens (tertiary/aromatic N) is 1. The van der Waals surface area contributed by atoms with Crippen molar-refractivity contribution in [2.75, 3.05) is 4.90 Å². The summed E-state index contributed by atoms with van der Waals surface area (Å²) >= 11 is 0. The maximum Gasteiger partial charge on any atom is 0.0467 e. The molecule has 0 unspecified atom stereocenters. The third-order valence-electron chi connectivity index (χ3n) is 13.0. The van der Waals surface area contributed by atoms with Gasteiger partial charge in [-0.25, -0.2) is 0 Å². The summed E-state index contributed by atoms with van der Waals surface area (Å²) in [5, 5.41) is 0. The summed E-state index contributed by atoms with van der Waals surface area (Å²) < 4.78 is 0. The van der Waals surface area contributed by atoms with Gasteiger partial charge in [0, 0.05) is 27.9 Å². The third-order valence-corrected chi connectivity index (χ3v) is 13.0. The normalized spacial score (nSPS) is 14.7. The quantitative estimate of drug-likeness (QED) is 0.137. The standard InChI is InChI=1S/C54H49N/c1-5-53(6-2)49-25-16-15-24-47(49)51-52(53)48-35-30-43(37-50(48)54(51,7-3)8-4)41-28-33-45(34-29-41)55(44-31-26-40(27-32-44)38-18-11-9-12-19-38)46-23-17-22-42(36-46)39-20-13-10-14-21-39/h9-37H,5-8H2,1-4H3. The molecule has 270 valence electrons. The van der Waals surface area contributed by atoms with Gasteiger partial charge in [0.25, 0.3) is 0 Å². The minimum Gasteiger partial charge on any atom is -0.310 e. The molecule has 0 radical (unpaired) electrons. The highest BCUT2D eigenvalue weighted by molar-refractivity contribution is 6.10. The number of hydrogen-bond acceptors (Lipinski definition) is 1. The van der Waals surface area contributed by atoms with Crippen LogP contribution in [0.5, 0.6) is 0 Å². The average molecular weight is 712 g/mol. The van der Waals surface area contributed by atoms with Crippen LogP contribution in [0.3, 0.4) is 0 Å². The van der Waals surface area contributed by atoms with Crippen molar-refractivity contribution in [2.45, 2.75) is 64.2 Å². The maximum atomic E-state index is 2.54. The molecule has 0 amide bonds. The van der Waals surface area contributed by atoms with Crippen molar-refractivity contribution in [3.05, 3.63) is 198 Å². The van der Waals surface area contributed by atoms with Gasteiger partial charge >= 0.3 is 0 Å². The van der Waals surface area contributed by atoms with Gasteiger partial charge in [-0.1, -0.05) is 161 Å². The lowest BCUT2D eigenvalue weighted by molar-refractivity contribution is 0.518. The number of allylic oxidation sites excluding steroid dienone is 2. The lowest BCUT2D eigenvalue weighted by Crippen LogP contribution is -2.25. The first-order chi connectivity index (χ1) is 27.0. The Hall–Kier alpha value is -5.92. The Morgan fingerprint density at radius 1 is 0.327 bits per heavy atom. The van der Waals surface area contributed by atoms with E-state index in [-0.39, 0.29) is 10.8 Å². The van der Waals surface area contributed by atoms with Gasteiger partial charge in [-0.15, -0.1) is 0 Å². The van der Waals surface area contributed by atoms with E-state index in [1.807, 2.05) is 0 Å². The Morgan fingerprint density at radius 3 is 1.33 bits per heavy atom. The van der Waals surface area contributed by atoms with Crippen LogP contribution in [0.2, 0.25) is 0 Å². The highest BCUT2D eigenvalue weighted by Crippen LogP contribution is 2.66. The molecule has 7 aromatic rings. The fraction of sp³-hybridized carbons (Fsp3) is 0.185. The minimum absolute atomic E-state index is 0.00922. The van der Waals surface area contributed by atoms with Gasteiger partial charge < -0.3 is 4.90 Å². The van der Waals surface area contributed by atoms with Crippen molar-refractivity contribution >= 4 is 28.2 Å². The predicted molar refractivity (Wildman–Crippen MR) is 235 cm³/mol. The van der Waals surface area contributed by atoms with Crippen LogP contribution in [0.25, 0.3) is 44.5 Å². The summed E-state index contributed by atoms with van der Waals surface area (Å²) in [6, 6.07) is 65.0. The molecule has 0 spiro atoms. The second kappa shape index (κ2) is 14.1. The molecule has 2 aliphatic carbocycles. The number of benzene rings is 7. The lowest BCUT2D eigenvalue weighted by atomic mass is 9.69. The van der Waals surface area contributed by atoms with Crippen molar-refractivity contribution in [1.82, 2.24) is 0 Å². The molecule has 0 aliphatic heterocycles. The fourth-order valence-electron chi connectivity index (χ4n) is 10.1. The van der Waals surface area contributed by atoms with E-state index in [1.54, 1.807) is 11.1 Å². The van der Waals surface area contributed by atoms with Crippen molar-refractivity contribution in [3.63, 3.8) is 0 Å². The van der Waals surface area contributed by atoms with Crippen molar-refractivity contribution < 1.29 is 0 Å². The zero-order chi connectivity index (χ0) is 37.6. The van der Waals surface area contributed by atoms with E-state index in [0.717, 1.165) is 42.7 Å². The molecule has 1 heteroatoms. The molecule has 0 atom stereocenters. The summed E-state index contributed by atoms with van der Waals surface area (Å²) in [4.78, 5) is 2.38. The van der Waals surface area contributed by atoms with E-state index in [4.69, 9.17) is 0 Å². The molecular formula is C54H49N. The lowest BCUT2D eigenvalue weighted by Gasteiger charge is -2.34. The molecule has 0 N–H and O–H groups in total. The monoisotopic (exact) mass is 711 g/mol. The smallest absolute Gasteiger partial charge is 0.0467 e. The Bertz CT molecular complexity index is 2500. The number of hydrogen-bond donors (Lipinski definition) is 0. The molecule has 0 aromatic heterocycles. The van der Waals surface area contributed by atoms with E-state index in [0.29, 0.717) is 0 Å². The SMILES string of the molecule is CCC1(CC)C2=C(c3ccccc31)C(CC)(CC)c1cc(-c3ccc(N(c4ccc(-c5ccccc5)cc4)c4cccc(-c5ccccc5)c4)cc3)ccc12. The molecule has 0 saturated heterocycles. The minimum atomic E-state index is 0.00922. The first-order valence-corrected chi connectivity index (χ1v) is 20.3. The molecule has 1 nitrogen and oxygen atoms in total. The molecule has 2 aliphatic rings. The van der Waals surface area contributed by atoms with Crippen LogP contribution in [-0.2, 0) is 10.8 Å². The summed E-state index contributed by atoms with van der Waals surface area (Å²) in [6.07, 6.45) is 4.42. The van der Waals surface area contributed by atoms with Gasteiger partial charge in [-0.2, -0.15) is 0 Å².